The minimum Gasteiger partial charge on any atom is -0.406 e. The Kier molecular flexibility index (Phi) is 8.47. The molecular weight excluding hydrogens is 541 g/mol. The Bertz CT molecular complexity index is 1120. The van der Waals surface area contributed by atoms with Crippen molar-refractivity contribution in [1.29, 1.82) is 0 Å². The van der Waals surface area contributed by atoms with Gasteiger partial charge in [0, 0.05) is 30.1 Å². The van der Waals surface area contributed by atoms with Crippen molar-refractivity contribution in [1.82, 2.24) is 15.3 Å². The Balaban J connectivity index is 2.04. The predicted octanol–water partition coefficient (Wildman–Crippen LogP) is 4.18. The first-order valence-corrected chi connectivity index (χ1v) is 10.8. The van der Waals surface area contributed by atoms with E-state index in [9.17, 15) is 35.9 Å². The number of amides is 2. The van der Waals surface area contributed by atoms with Gasteiger partial charge in [-0.15, -0.1) is 13.2 Å². The first-order valence-electron chi connectivity index (χ1n) is 10.4. The molecule has 3 rings (SSSR count). The van der Waals surface area contributed by atoms with Crippen LogP contribution in [0.15, 0.2) is 36.9 Å². The van der Waals surface area contributed by atoms with E-state index in [4.69, 9.17) is 11.6 Å². The number of hydrogen-bond donors (Lipinski definition) is 1. The average Bonchev–Trinajstić information content (AvgIpc) is 2.77. The van der Waals surface area contributed by atoms with Crippen LogP contribution in [0.5, 0.6) is 5.75 Å². The van der Waals surface area contributed by atoms with Crippen molar-refractivity contribution >= 4 is 29.1 Å². The van der Waals surface area contributed by atoms with Crippen LogP contribution < -0.4 is 15.0 Å². The van der Waals surface area contributed by atoms with Crippen molar-refractivity contribution < 1.29 is 49.8 Å². The smallest absolute Gasteiger partial charge is 0.406 e. The standard InChI is InChI=1S/C21H18ClF7N4O4/c1-20(10-7-30-9-31-8-10,18(35)32-11-4-13(5-11)36-19(25)26)33(17(34)16(22)24)15-3-2-12(6-14(15)23)37-21(27,28)29/h2-3,6-9,11,13,16,19H,4-5H2,1H3,(H,32,35)/t11?,13?,16-,20+/m0/s1. The van der Waals surface area contributed by atoms with Crippen LogP contribution in [0.2, 0.25) is 0 Å². The summed E-state index contributed by atoms with van der Waals surface area (Å²) in [4.78, 5) is 34.2. The first-order chi connectivity index (χ1) is 17.2. The predicted molar refractivity (Wildman–Crippen MR) is 113 cm³/mol. The van der Waals surface area contributed by atoms with Crippen molar-refractivity contribution in [2.24, 2.45) is 0 Å². The number of rotatable bonds is 9. The molecule has 37 heavy (non-hydrogen) atoms. The lowest BCUT2D eigenvalue weighted by atomic mass is 9.85. The number of carbonyl (C=O) groups excluding carboxylic acids is 2. The molecular formula is C21H18ClF7N4O4. The zero-order valence-electron chi connectivity index (χ0n) is 18.7. The number of anilines is 1. The molecule has 0 radical (unpaired) electrons. The highest BCUT2D eigenvalue weighted by Crippen LogP contribution is 2.38. The molecule has 1 N–H and O–H groups in total. The van der Waals surface area contributed by atoms with Crippen LogP contribution >= 0.6 is 11.6 Å². The minimum atomic E-state index is -5.16. The van der Waals surface area contributed by atoms with Gasteiger partial charge in [0.25, 0.3) is 17.4 Å². The second-order valence-corrected chi connectivity index (χ2v) is 8.38. The Hall–Kier alpha value is -3.20. The Labute approximate surface area is 209 Å². The second-order valence-electron chi connectivity index (χ2n) is 8.00. The van der Waals surface area contributed by atoms with Gasteiger partial charge in [-0.1, -0.05) is 11.6 Å². The van der Waals surface area contributed by atoms with E-state index in [2.05, 4.69) is 24.8 Å². The minimum absolute atomic E-state index is 0.0233. The number of nitrogens with zero attached hydrogens (tertiary/aromatic N) is 3. The maximum Gasteiger partial charge on any atom is 0.573 e. The maximum absolute atomic E-state index is 15.1. The Morgan fingerprint density at radius 1 is 1.16 bits per heavy atom. The van der Waals surface area contributed by atoms with Crippen LogP contribution in [0, 0.1) is 5.82 Å². The van der Waals surface area contributed by atoms with Gasteiger partial charge in [0.1, 0.15) is 12.1 Å². The molecule has 8 nitrogen and oxygen atoms in total. The number of benzene rings is 1. The summed E-state index contributed by atoms with van der Waals surface area (Å²) >= 11 is 5.35. The molecule has 1 fully saturated rings. The summed E-state index contributed by atoms with van der Waals surface area (Å²) in [6.45, 7) is -1.96. The Morgan fingerprint density at radius 2 is 1.78 bits per heavy atom. The molecule has 0 saturated heterocycles. The summed E-state index contributed by atoms with van der Waals surface area (Å²) in [7, 11) is 0. The fraction of sp³-hybridized carbons (Fsp3) is 0.429. The van der Waals surface area contributed by atoms with Crippen LogP contribution in [0.1, 0.15) is 25.3 Å². The lowest BCUT2D eigenvalue weighted by Crippen LogP contribution is -2.61. The third-order valence-electron chi connectivity index (χ3n) is 5.54. The largest absolute Gasteiger partial charge is 0.573 e. The fourth-order valence-corrected chi connectivity index (χ4v) is 3.82. The van der Waals surface area contributed by atoms with E-state index >= 15 is 4.39 Å². The number of halogens is 8. The number of carbonyl (C=O) groups is 2. The molecule has 0 aliphatic heterocycles. The van der Waals surface area contributed by atoms with Gasteiger partial charge < -0.3 is 14.8 Å². The molecule has 1 aliphatic carbocycles. The Morgan fingerprint density at radius 3 is 2.30 bits per heavy atom. The molecule has 2 aromatic rings. The SMILES string of the molecule is C[C@](C(=O)NC1CC(OC(F)F)C1)(c1cncnc1)N(C(=O)[C@H](F)Cl)c1ccc(OC(F)(F)F)cc1F. The first kappa shape index (κ1) is 28.4. The van der Waals surface area contributed by atoms with Crippen LogP contribution in [0.4, 0.5) is 36.4 Å². The lowest BCUT2D eigenvalue weighted by Gasteiger charge is -2.43. The van der Waals surface area contributed by atoms with Crippen molar-refractivity contribution in [2.75, 3.05) is 4.90 Å². The van der Waals surface area contributed by atoms with E-state index in [-0.39, 0.29) is 24.5 Å². The molecule has 2 atom stereocenters. The highest BCUT2D eigenvalue weighted by Gasteiger charge is 2.49. The van der Waals surface area contributed by atoms with Crippen LogP contribution in [-0.4, -0.2) is 52.5 Å². The molecule has 202 valence electrons. The van der Waals surface area contributed by atoms with E-state index in [0.29, 0.717) is 17.0 Å². The summed E-state index contributed by atoms with van der Waals surface area (Å²) in [5.74, 6) is -5.16. The average molecular weight is 559 g/mol. The second kappa shape index (κ2) is 11.0. The van der Waals surface area contributed by atoms with Crippen LogP contribution in [0.3, 0.4) is 0 Å². The summed E-state index contributed by atoms with van der Waals surface area (Å²) in [6, 6.07) is 0.884. The molecule has 1 saturated carbocycles. The van der Waals surface area contributed by atoms with Gasteiger partial charge in [-0.05, 0) is 31.9 Å². The molecule has 1 aromatic heterocycles. The zero-order chi connectivity index (χ0) is 27.5. The monoisotopic (exact) mass is 558 g/mol. The zero-order valence-corrected chi connectivity index (χ0v) is 19.4. The molecule has 0 bridgehead atoms. The molecule has 1 heterocycles. The summed E-state index contributed by atoms with van der Waals surface area (Å²) in [6.07, 6.45) is -2.86. The lowest BCUT2D eigenvalue weighted by molar-refractivity contribution is -0.274. The highest BCUT2D eigenvalue weighted by atomic mass is 35.5. The van der Waals surface area contributed by atoms with Gasteiger partial charge in [-0.25, -0.2) is 18.7 Å². The number of aromatic nitrogens is 2. The van der Waals surface area contributed by atoms with Crippen molar-refractivity contribution in [2.45, 2.75) is 56.1 Å². The maximum atomic E-state index is 15.1. The quantitative estimate of drug-likeness (QED) is 0.367. The highest BCUT2D eigenvalue weighted by molar-refractivity contribution is 6.32. The molecule has 1 aromatic carbocycles. The third kappa shape index (κ3) is 6.57. The van der Waals surface area contributed by atoms with E-state index in [1.165, 1.54) is 0 Å². The molecule has 2 amide bonds. The van der Waals surface area contributed by atoms with Gasteiger partial charge in [0.15, 0.2) is 11.4 Å². The molecule has 0 spiro atoms. The normalized spacial score (nSPS) is 19.9. The van der Waals surface area contributed by atoms with Gasteiger partial charge in [-0.2, -0.15) is 8.78 Å². The summed E-state index contributed by atoms with van der Waals surface area (Å²) < 4.78 is 99.6. The van der Waals surface area contributed by atoms with E-state index in [1.807, 2.05) is 0 Å². The number of ether oxygens (including phenoxy) is 2. The number of hydrogen-bond acceptors (Lipinski definition) is 6. The molecule has 0 unspecified atom stereocenters. The third-order valence-corrected chi connectivity index (χ3v) is 5.72. The number of alkyl halides is 7. The van der Waals surface area contributed by atoms with Crippen molar-refractivity contribution in [3.8, 4) is 5.75 Å². The van der Waals surface area contributed by atoms with E-state index in [1.54, 1.807) is 0 Å². The van der Waals surface area contributed by atoms with Gasteiger partial charge in [0.05, 0.1) is 11.8 Å². The van der Waals surface area contributed by atoms with Crippen LogP contribution in [0.25, 0.3) is 0 Å². The molecule has 16 heteroatoms. The summed E-state index contributed by atoms with van der Waals surface area (Å²) in [5, 5.41) is 2.49. The summed E-state index contributed by atoms with van der Waals surface area (Å²) in [5.41, 5.74) is -6.11. The van der Waals surface area contributed by atoms with Crippen LogP contribution in [-0.2, 0) is 19.9 Å². The number of nitrogens with one attached hydrogen (secondary N) is 1. The van der Waals surface area contributed by atoms with Gasteiger partial charge in [0.2, 0.25) is 0 Å². The molecule has 1 aliphatic rings. The topological polar surface area (TPSA) is 93.6 Å². The van der Waals surface area contributed by atoms with Gasteiger partial charge in [-0.3, -0.25) is 14.5 Å². The van der Waals surface area contributed by atoms with Crippen molar-refractivity contribution in [3.05, 3.63) is 48.3 Å². The van der Waals surface area contributed by atoms with Gasteiger partial charge >= 0.3 is 13.0 Å². The fourth-order valence-electron chi connectivity index (χ4n) is 3.72. The van der Waals surface area contributed by atoms with E-state index < -0.39 is 65.4 Å². The van der Waals surface area contributed by atoms with E-state index in [0.717, 1.165) is 25.6 Å². The van der Waals surface area contributed by atoms with Crippen molar-refractivity contribution in [3.63, 3.8) is 0 Å².